The van der Waals surface area contributed by atoms with Crippen LogP contribution < -0.4 is 4.74 Å². The number of alkyl halides is 2. The molecule has 2 aromatic carbocycles. The number of halogens is 2. The van der Waals surface area contributed by atoms with E-state index in [1.165, 1.54) is 12.1 Å². The molecule has 4 rings (SSSR count). The van der Waals surface area contributed by atoms with Crippen LogP contribution in [0, 0.1) is 0 Å². The van der Waals surface area contributed by atoms with Crippen molar-refractivity contribution >= 4 is 23.4 Å². The Morgan fingerprint density at radius 3 is 2.70 bits per heavy atom. The summed E-state index contributed by atoms with van der Waals surface area (Å²) in [6.07, 6.45) is 6.10. The number of rotatable bonds is 4. The van der Waals surface area contributed by atoms with Gasteiger partial charge in [-0.1, -0.05) is 24.3 Å². The monoisotopic (exact) mass is 384 g/mol. The summed E-state index contributed by atoms with van der Waals surface area (Å²) in [4.78, 5) is 2.15. The number of ether oxygens (including phenoxy) is 1. The van der Waals surface area contributed by atoms with Gasteiger partial charge in [0.1, 0.15) is 17.3 Å². The first kappa shape index (κ1) is 17.8. The molecule has 0 amide bonds. The van der Waals surface area contributed by atoms with Gasteiger partial charge >= 0.3 is 0 Å². The highest BCUT2D eigenvalue weighted by molar-refractivity contribution is 7.98. The Labute approximate surface area is 161 Å². The highest BCUT2D eigenvalue weighted by Gasteiger charge is 2.24. The first-order valence-corrected chi connectivity index (χ1v) is 9.57. The number of benzene rings is 2. The van der Waals surface area contributed by atoms with Gasteiger partial charge in [-0.3, -0.25) is 0 Å². The average molecular weight is 384 g/mol. The number of amidine groups is 1. The van der Waals surface area contributed by atoms with Crippen molar-refractivity contribution in [3.05, 3.63) is 78.0 Å². The number of allylic oxidation sites excluding steroid dienone is 2. The summed E-state index contributed by atoms with van der Waals surface area (Å²) in [5, 5.41) is 0. The maximum absolute atomic E-state index is 13.5. The van der Waals surface area contributed by atoms with Crippen molar-refractivity contribution in [1.82, 2.24) is 4.90 Å². The van der Waals surface area contributed by atoms with Crippen molar-refractivity contribution in [3.8, 4) is 11.5 Å². The second-order valence-corrected chi connectivity index (χ2v) is 7.26. The number of hydrogen-bond donors (Lipinski definition) is 0. The van der Waals surface area contributed by atoms with Crippen LogP contribution >= 0.6 is 11.9 Å². The fourth-order valence-electron chi connectivity index (χ4n) is 2.97. The first-order chi connectivity index (χ1) is 13.0. The summed E-state index contributed by atoms with van der Waals surface area (Å²) in [6.45, 7) is 1.82. The van der Waals surface area contributed by atoms with Crippen LogP contribution in [0.15, 0.2) is 71.3 Å². The van der Waals surface area contributed by atoms with E-state index in [0.29, 0.717) is 11.5 Å². The van der Waals surface area contributed by atoms with Gasteiger partial charge in [0.05, 0.1) is 0 Å². The van der Waals surface area contributed by atoms with Gasteiger partial charge < -0.3 is 9.64 Å². The Balaban J connectivity index is 1.54. The molecule has 138 valence electrons. The third kappa shape index (κ3) is 3.90. The largest absolute Gasteiger partial charge is 0.457 e. The van der Waals surface area contributed by atoms with E-state index in [4.69, 9.17) is 4.74 Å². The van der Waals surface area contributed by atoms with E-state index in [0.717, 1.165) is 36.2 Å². The molecule has 0 spiro atoms. The lowest BCUT2D eigenvalue weighted by atomic mass is 10.0. The lowest BCUT2D eigenvalue weighted by Crippen LogP contribution is -2.32. The van der Waals surface area contributed by atoms with E-state index < -0.39 is 5.92 Å². The van der Waals surface area contributed by atoms with E-state index in [1.54, 1.807) is 24.1 Å². The molecule has 0 aliphatic carbocycles. The topological polar surface area (TPSA) is 24.8 Å². The van der Waals surface area contributed by atoms with Crippen molar-refractivity contribution in [2.24, 2.45) is 4.40 Å². The van der Waals surface area contributed by atoms with Crippen LogP contribution in [0.5, 0.6) is 11.5 Å². The van der Waals surface area contributed by atoms with E-state index in [2.05, 4.69) is 9.30 Å². The molecule has 3 nitrogen and oxygen atoms in total. The minimum atomic E-state index is -2.89. The zero-order chi connectivity index (χ0) is 18.9. The molecule has 27 heavy (non-hydrogen) atoms. The van der Waals surface area contributed by atoms with Gasteiger partial charge in [0.15, 0.2) is 0 Å². The van der Waals surface area contributed by atoms with Gasteiger partial charge in [0.25, 0.3) is 5.92 Å². The Morgan fingerprint density at radius 1 is 1.11 bits per heavy atom. The second kappa shape index (κ2) is 7.19. The summed E-state index contributed by atoms with van der Waals surface area (Å²) >= 11 is 1.57. The van der Waals surface area contributed by atoms with Gasteiger partial charge in [-0.2, -0.15) is 4.40 Å². The van der Waals surface area contributed by atoms with Crippen LogP contribution in [0.25, 0.3) is 5.57 Å². The first-order valence-electron chi connectivity index (χ1n) is 8.63. The van der Waals surface area contributed by atoms with Crippen LogP contribution in [-0.4, -0.2) is 23.0 Å². The Bertz CT molecular complexity index is 930. The fraction of sp³-hybridized carbons (Fsp3) is 0.190. The van der Waals surface area contributed by atoms with Crippen molar-refractivity contribution < 1.29 is 13.5 Å². The lowest BCUT2D eigenvalue weighted by Gasteiger charge is -2.29. The zero-order valence-electron chi connectivity index (χ0n) is 14.7. The maximum atomic E-state index is 13.5. The molecule has 0 radical (unpaired) electrons. The normalized spacial score (nSPS) is 16.5. The van der Waals surface area contributed by atoms with E-state index in [-0.39, 0.29) is 5.56 Å². The Kier molecular flexibility index (Phi) is 4.74. The molecule has 0 atom stereocenters. The predicted octanol–water partition coefficient (Wildman–Crippen LogP) is 5.86. The highest BCUT2D eigenvalue weighted by atomic mass is 32.2. The molecule has 2 heterocycles. The molecule has 0 unspecified atom stereocenters. The molecule has 0 fully saturated rings. The Hall–Kier alpha value is -2.60. The fourth-order valence-corrected chi connectivity index (χ4v) is 3.66. The molecule has 0 aromatic heterocycles. The summed E-state index contributed by atoms with van der Waals surface area (Å²) < 4.78 is 37.3. The van der Waals surface area contributed by atoms with Crippen LogP contribution in [0.2, 0.25) is 0 Å². The second-order valence-electron chi connectivity index (χ2n) is 6.41. The van der Waals surface area contributed by atoms with Crippen LogP contribution in [-0.2, 0) is 5.92 Å². The van der Waals surface area contributed by atoms with E-state index >= 15 is 0 Å². The van der Waals surface area contributed by atoms with E-state index in [1.807, 2.05) is 42.6 Å². The summed E-state index contributed by atoms with van der Waals surface area (Å²) in [5.74, 6) is 0.0266. The van der Waals surface area contributed by atoms with Crippen molar-refractivity contribution in [1.29, 1.82) is 0 Å². The average Bonchev–Trinajstić information content (AvgIpc) is 2.68. The SMILES string of the molecule is CC(F)(F)c1cccc(Oc2ccc(C3=CC=CN4CCSN=C34)cc2)c1. The minimum Gasteiger partial charge on any atom is -0.457 e. The molecule has 6 heteroatoms. The summed E-state index contributed by atoms with van der Waals surface area (Å²) in [5.41, 5.74) is 2.03. The molecular formula is C21H18F2N2OS. The molecule has 2 aromatic rings. The standard InChI is InChI=1S/C21H18F2N2OS/c1-21(22,23)16-4-2-5-18(14-16)26-17-9-7-15(8-10-17)19-6-3-11-25-12-13-27-24-20(19)25/h2-11,14H,12-13H2,1H3. The van der Waals surface area contributed by atoms with Gasteiger partial charge in [0, 0.05) is 36.6 Å². The van der Waals surface area contributed by atoms with Crippen LogP contribution in [0.3, 0.4) is 0 Å². The third-order valence-corrected chi connectivity index (χ3v) is 5.03. The van der Waals surface area contributed by atoms with Gasteiger partial charge in [-0.25, -0.2) is 8.78 Å². The summed E-state index contributed by atoms with van der Waals surface area (Å²) in [7, 11) is 0. The molecule has 0 bridgehead atoms. The van der Waals surface area contributed by atoms with Crippen molar-refractivity contribution in [2.45, 2.75) is 12.8 Å². The smallest absolute Gasteiger partial charge is 0.270 e. The molecule has 2 aliphatic heterocycles. The van der Waals surface area contributed by atoms with Gasteiger partial charge in [0.2, 0.25) is 0 Å². The predicted molar refractivity (Wildman–Crippen MR) is 106 cm³/mol. The molecule has 0 saturated carbocycles. The Morgan fingerprint density at radius 2 is 1.93 bits per heavy atom. The van der Waals surface area contributed by atoms with Crippen molar-refractivity contribution in [2.75, 3.05) is 12.3 Å². The minimum absolute atomic E-state index is 0.0660. The van der Waals surface area contributed by atoms with Crippen LogP contribution in [0.1, 0.15) is 18.1 Å². The van der Waals surface area contributed by atoms with E-state index in [9.17, 15) is 8.78 Å². The summed E-state index contributed by atoms with van der Waals surface area (Å²) in [6, 6.07) is 13.6. The highest BCUT2D eigenvalue weighted by Crippen LogP contribution is 2.32. The maximum Gasteiger partial charge on any atom is 0.270 e. The van der Waals surface area contributed by atoms with Crippen LogP contribution in [0.4, 0.5) is 8.78 Å². The van der Waals surface area contributed by atoms with Gasteiger partial charge in [-0.05, 0) is 53.9 Å². The zero-order valence-corrected chi connectivity index (χ0v) is 15.5. The van der Waals surface area contributed by atoms with Gasteiger partial charge in [-0.15, -0.1) is 0 Å². The molecule has 2 aliphatic rings. The lowest BCUT2D eigenvalue weighted by molar-refractivity contribution is 0.0173. The molecular weight excluding hydrogens is 366 g/mol. The number of nitrogens with zero attached hydrogens (tertiary/aromatic N) is 2. The number of hydrogen-bond acceptors (Lipinski definition) is 4. The molecule has 0 saturated heterocycles. The number of fused-ring (bicyclic) bond motifs is 1. The van der Waals surface area contributed by atoms with Crippen molar-refractivity contribution in [3.63, 3.8) is 0 Å². The quantitative estimate of drug-likeness (QED) is 0.617. The molecule has 0 N–H and O–H groups in total. The third-order valence-electron chi connectivity index (χ3n) is 4.36.